The Kier molecular flexibility index (Phi) is 3.66. The first-order valence-corrected chi connectivity index (χ1v) is 2.37. The molecule has 52 valence electrons. The maximum absolute atomic E-state index is 9.82. The van der Waals surface area contributed by atoms with Crippen LogP contribution in [0.4, 0.5) is 0 Å². The van der Waals surface area contributed by atoms with Gasteiger partial charge < -0.3 is 15.3 Å². The summed E-state index contributed by atoms with van der Waals surface area (Å²) in [5, 5.41) is 24.6. The van der Waals surface area contributed by atoms with Gasteiger partial charge in [0.1, 0.15) is 0 Å². The molecule has 0 aliphatic rings. The lowest BCUT2D eigenvalue weighted by molar-refractivity contribution is -0.144. The molecular formula is C5H8O4. The summed E-state index contributed by atoms with van der Waals surface area (Å²) in [6.07, 6.45) is 0.665. The molecule has 0 rings (SSSR count). The van der Waals surface area contributed by atoms with E-state index in [-0.39, 0.29) is 6.61 Å². The minimum absolute atomic E-state index is 0.260. The fourth-order valence-corrected chi connectivity index (χ4v) is 0.272. The molecule has 3 N–H and O–H groups in total. The van der Waals surface area contributed by atoms with Crippen molar-refractivity contribution < 1.29 is 20.1 Å². The van der Waals surface area contributed by atoms with E-state index < -0.39 is 12.1 Å². The molecule has 9 heavy (non-hydrogen) atoms. The molecule has 1 atom stereocenters. The van der Waals surface area contributed by atoms with Gasteiger partial charge in [0.25, 0.3) is 0 Å². The zero-order valence-corrected chi connectivity index (χ0v) is 4.69. The SMILES string of the molecule is O=C(O)C(O)/C=C/CO. The minimum atomic E-state index is -1.50. The number of carbonyl (C=O) groups is 1. The molecule has 0 spiro atoms. The predicted octanol–water partition coefficient (Wildman–Crippen LogP) is -1.02. The molecule has 0 radical (unpaired) electrons. The van der Waals surface area contributed by atoms with Crippen LogP contribution >= 0.6 is 0 Å². The Morgan fingerprint density at radius 3 is 2.56 bits per heavy atom. The van der Waals surface area contributed by atoms with Crippen molar-refractivity contribution in [3.8, 4) is 0 Å². The number of hydrogen-bond acceptors (Lipinski definition) is 3. The highest BCUT2D eigenvalue weighted by Gasteiger charge is 2.06. The minimum Gasteiger partial charge on any atom is -0.479 e. The van der Waals surface area contributed by atoms with Crippen molar-refractivity contribution in [3.05, 3.63) is 12.2 Å². The fourth-order valence-electron chi connectivity index (χ4n) is 0.272. The van der Waals surface area contributed by atoms with Crippen LogP contribution in [-0.2, 0) is 4.79 Å². The van der Waals surface area contributed by atoms with Crippen LogP contribution in [0.3, 0.4) is 0 Å². The van der Waals surface area contributed by atoms with Crippen molar-refractivity contribution in [2.24, 2.45) is 0 Å². The molecule has 1 unspecified atom stereocenters. The molecule has 0 heterocycles. The summed E-state index contributed by atoms with van der Waals surface area (Å²) >= 11 is 0. The number of aliphatic hydroxyl groups is 2. The summed E-state index contributed by atoms with van der Waals surface area (Å²) < 4.78 is 0. The van der Waals surface area contributed by atoms with Crippen LogP contribution in [0.5, 0.6) is 0 Å². The molecule has 0 bridgehead atoms. The lowest BCUT2D eigenvalue weighted by Crippen LogP contribution is -2.16. The summed E-state index contributed by atoms with van der Waals surface area (Å²) in [5.41, 5.74) is 0. The van der Waals surface area contributed by atoms with Crippen LogP contribution in [-0.4, -0.2) is 34.0 Å². The Morgan fingerprint density at radius 2 is 2.22 bits per heavy atom. The average molecular weight is 132 g/mol. The second-order valence-electron chi connectivity index (χ2n) is 1.39. The van der Waals surface area contributed by atoms with Gasteiger partial charge in [-0.15, -0.1) is 0 Å². The van der Waals surface area contributed by atoms with Gasteiger partial charge in [-0.1, -0.05) is 6.08 Å². The van der Waals surface area contributed by atoms with Crippen molar-refractivity contribution in [2.75, 3.05) is 6.61 Å². The van der Waals surface area contributed by atoms with Crippen molar-refractivity contribution in [1.82, 2.24) is 0 Å². The van der Waals surface area contributed by atoms with E-state index in [1.165, 1.54) is 6.08 Å². The third-order valence-corrected chi connectivity index (χ3v) is 0.677. The van der Waals surface area contributed by atoms with E-state index in [0.29, 0.717) is 0 Å². The van der Waals surface area contributed by atoms with Crippen LogP contribution < -0.4 is 0 Å². The lowest BCUT2D eigenvalue weighted by Gasteiger charge is -1.94. The van der Waals surface area contributed by atoms with Gasteiger partial charge in [0.2, 0.25) is 0 Å². The molecule has 0 saturated carbocycles. The van der Waals surface area contributed by atoms with Gasteiger partial charge in [0, 0.05) is 0 Å². The second-order valence-corrected chi connectivity index (χ2v) is 1.39. The standard InChI is InChI=1S/C5H8O4/c6-3-1-2-4(7)5(8)9/h1-2,4,6-7H,3H2,(H,8,9)/b2-1+. The quantitative estimate of drug-likeness (QED) is 0.429. The highest BCUT2D eigenvalue weighted by Crippen LogP contribution is 1.83. The van der Waals surface area contributed by atoms with E-state index in [1.54, 1.807) is 0 Å². The first kappa shape index (κ1) is 8.13. The zero-order chi connectivity index (χ0) is 7.28. The number of aliphatic hydroxyl groups excluding tert-OH is 2. The molecule has 0 amide bonds. The molecule has 0 aromatic heterocycles. The third-order valence-electron chi connectivity index (χ3n) is 0.677. The predicted molar refractivity (Wildman–Crippen MR) is 29.9 cm³/mol. The summed E-state index contributed by atoms with van der Waals surface area (Å²) in [6, 6.07) is 0. The monoisotopic (exact) mass is 132 g/mol. The van der Waals surface area contributed by atoms with Crippen molar-refractivity contribution >= 4 is 5.97 Å². The smallest absolute Gasteiger partial charge is 0.336 e. The molecule has 0 aliphatic carbocycles. The fraction of sp³-hybridized carbons (Fsp3) is 0.400. The number of aliphatic carboxylic acids is 1. The van der Waals surface area contributed by atoms with Crippen LogP contribution in [0.2, 0.25) is 0 Å². The van der Waals surface area contributed by atoms with Crippen molar-refractivity contribution in [1.29, 1.82) is 0 Å². The Morgan fingerprint density at radius 1 is 1.67 bits per heavy atom. The molecule has 0 fully saturated rings. The summed E-state index contributed by atoms with van der Waals surface area (Å²) in [7, 11) is 0. The number of hydrogen-bond donors (Lipinski definition) is 3. The lowest BCUT2D eigenvalue weighted by atomic mass is 10.3. The Labute approximate surface area is 52.1 Å². The largest absolute Gasteiger partial charge is 0.479 e. The van der Waals surface area contributed by atoms with Crippen LogP contribution in [0.1, 0.15) is 0 Å². The maximum Gasteiger partial charge on any atom is 0.336 e. The first-order chi connectivity index (χ1) is 4.18. The topological polar surface area (TPSA) is 77.8 Å². The Bertz CT molecular complexity index is 118. The van der Waals surface area contributed by atoms with E-state index >= 15 is 0 Å². The number of carboxylic acids is 1. The molecule has 4 nitrogen and oxygen atoms in total. The third kappa shape index (κ3) is 3.69. The number of rotatable bonds is 3. The molecular weight excluding hydrogens is 124 g/mol. The molecule has 0 saturated heterocycles. The Balaban J connectivity index is 3.62. The highest BCUT2D eigenvalue weighted by molar-refractivity contribution is 5.74. The van der Waals surface area contributed by atoms with Gasteiger partial charge in [0.05, 0.1) is 6.61 Å². The van der Waals surface area contributed by atoms with Gasteiger partial charge >= 0.3 is 5.97 Å². The van der Waals surface area contributed by atoms with Crippen molar-refractivity contribution in [2.45, 2.75) is 6.10 Å². The van der Waals surface area contributed by atoms with E-state index in [2.05, 4.69) is 0 Å². The number of carboxylic acid groups (broad SMARTS) is 1. The van der Waals surface area contributed by atoms with E-state index in [9.17, 15) is 4.79 Å². The van der Waals surface area contributed by atoms with Crippen molar-refractivity contribution in [3.63, 3.8) is 0 Å². The Hall–Kier alpha value is -0.870. The van der Waals surface area contributed by atoms with E-state index in [0.717, 1.165) is 6.08 Å². The molecule has 4 heteroatoms. The van der Waals surface area contributed by atoms with E-state index in [4.69, 9.17) is 15.3 Å². The molecule has 0 aromatic carbocycles. The maximum atomic E-state index is 9.82. The van der Waals surface area contributed by atoms with Crippen LogP contribution in [0, 0.1) is 0 Å². The van der Waals surface area contributed by atoms with Crippen LogP contribution in [0.25, 0.3) is 0 Å². The van der Waals surface area contributed by atoms with Gasteiger partial charge in [-0.2, -0.15) is 0 Å². The first-order valence-electron chi connectivity index (χ1n) is 2.37. The van der Waals surface area contributed by atoms with Gasteiger partial charge in [-0.25, -0.2) is 4.79 Å². The zero-order valence-electron chi connectivity index (χ0n) is 4.69. The normalized spacial score (nSPS) is 14.0. The van der Waals surface area contributed by atoms with Gasteiger partial charge in [-0.3, -0.25) is 0 Å². The average Bonchev–Trinajstić information content (AvgIpc) is 1.82. The highest BCUT2D eigenvalue weighted by atomic mass is 16.4. The summed E-state index contributed by atoms with van der Waals surface area (Å²) in [6.45, 7) is -0.260. The molecule has 0 aromatic rings. The second kappa shape index (κ2) is 4.05. The van der Waals surface area contributed by atoms with E-state index in [1.807, 2.05) is 0 Å². The van der Waals surface area contributed by atoms with Crippen LogP contribution in [0.15, 0.2) is 12.2 Å². The van der Waals surface area contributed by atoms with Gasteiger partial charge in [-0.05, 0) is 6.08 Å². The summed E-state index contributed by atoms with van der Waals surface area (Å²) in [4.78, 5) is 9.82. The molecule has 0 aliphatic heterocycles. The van der Waals surface area contributed by atoms with Gasteiger partial charge in [0.15, 0.2) is 6.10 Å². The summed E-state index contributed by atoms with van der Waals surface area (Å²) in [5.74, 6) is -1.32.